The fraction of sp³-hybridized carbons (Fsp3) is 0.579. The van der Waals surface area contributed by atoms with Crippen LogP contribution in [-0.4, -0.2) is 48.2 Å². The number of hydrogen-bond donors (Lipinski definition) is 4. The number of thioether (sulfide) groups is 1. The van der Waals surface area contributed by atoms with Crippen molar-refractivity contribution in [2.45, 2.75) is 116 Å². The van der Waals surface area contributed by atoms with Crippen LogP contribution < -0.4 is 21.3 Å². The molecule has 4 amide bonds. The molecular weight excluding hydrogens is 609 g/mol. The molecule has 0 aliphatic heterocycles. The molecule has 0 radical (unpaired) electrons. The number of carbonyl (C=O) groups is 4. The summed E-state index contributed by atoms with van der Waals surface area (Å²) in [5.74, 6) is 1.35. The first-order valence-electron chi connectivity index (χ1n) is 17.9. The van der Waals surface area contributed by atoms with Gasteiger partial charge in [0.15, 0.2) is 0 Å². The monoisotopic (exact) mass is 662 g/mol. The quantitative estimate of drug-likeness (QED) is 0.115. The molecule has 47 heavy (non-hydrogen) atoms. The molecule has 0 saturated heterocycles. The molecule has 2 aromatic carbocycles. The van der Waals surface area contributed by atoms with Crippen molar-refractivity contribution in [2.24, 2.45) is 0 Å². The fourth-order valence-corrected chi connectivity index (χ4v) is 7.27. The van der Waals surface area contributed by atoms with E-state index in [1.165, 1.54) is 47.9 Å². The van der Waals surface area contributed by atoms with Crippen molar-refractivity contribution in [3.63, 3.8) is 0 Å². The van der Waals surface area contributed by atoms with Crippen LogP contribution in [0.1, 0.15) is 112 Å². The number of fused-ring (bicyclic) bond motifs is 2. The zero-order valence-corrected chi connectivity index (χ0v) is 28.9. The van der Waals surface area contributed by atoms with Crippen LogP contribution in [0, 0.1) is 0 Å². The molecule has 0 fully saturated rings. The first kappa shape index (κ1) is 36.5. The summed E-state index contributed by atoms with van der Waals surface area (Å²) in [5.41, 5.74) is 7.30. The van der Waals surface area contributed by atoms with E-state index in [9.17, 15) is 19.2 Å². The Morgan fingerprint density at radius 2 is 1.02 bits per heavy atom. The number of carbonyl (C=O) groups excluding carboxylic acids is 4. The number of nitrogens with one attached hydrogen (secondary N) is 4. The van der Waals surface area contributed by atoms with Crippen LogP contribution in [0.15, 0.2) is 36.4 Å². The Hall–Kier alpha value is -3.33. The summed E-state index contributed by atoms with van der Waals surface area (Å²) in [5, 5.41) is 12.1. The summed E-state index contributed by atoms with van der Waals surface area (Å²) in [4.78, 5) is 49.1. The smallest absolute Gasteiger partial charge is 0.229 e. The molecule has 0 spiro atoms. The van der Waals surface area contributed by atoms with Crippen LogP contribution in [0.25, 0.3) is 0 Å². The summed E-state index contributed by atoms with van der Waals surface area (Å²) in [6.07, 6.45) is 16.4. The van der Waals surface area contributed by atoms with Crippen LogP contribution in [0.3, 0.4) is 0 Å². The Bertz CT molecular complexity index is 1230. The molecule has 9 heteroatoms. The van der Waals surface area contributed by atoms with E-state index in [0.717, 1.165) is 87.8 Å². The minimum atomic E-state index is 0.0165. The van der Waals surface area contributed by atoms with Gasteiger partial charge >= 0.3 is 0 Å². The first-order valence-corrected chi connectivity index (χ1v) is 19.1. The van der Waals surface area contributed by atoms with Crippen LogP contribution in [-0.2, 0) is 44.9 Å². The molecule has 256 valence electrons. The number of unbranched alkanes of at least 4 members (excludes halogenated alkanes) is 4. The second-order valence-electron chi connectivity index (χ2n) is 12.9. The van der Waals surface area contributed by atoms with Gasteiger partial charge in [0.05, 0.1) is 5.75 Å². The average Bonchev–Trinajstić information content (AvgIpc) is 3.08. The van der Waals surface area contributed by atoms with Crippen LogP contribution in [0.5, 0.6) is 0 Å². The number of hydrogen-bond acceptors (Lipinski definition) is 5. The lowest BCUT2D eigenvalue weighted by Gasteiger charge is -2.19. The van der Waals surface area contributed by atoms with Gasteiger partial charge in [0.1, 0.15) is 0 Å². The van der Waals surface area contributed by atoms with Gasteiger partial charge in [-0.05, 0) is 124 Å². The highest BCUT2D eigenvalue weighted by Gasteiger charge is 2.15. The van der Waals surface area contributed by atoms with Crippen molar-refractivity contribution in [3.05, 3.63) is 58.7 Å². The van der Waals surface area contributed by atoms with E-state index in [2.05, 4.69) is 33.4 Å². The van der Waals surface area contributed by atoms with Gasteiger partial charge in [-0.1, -0.05) is 37.1 Å². The van der Waals surface area contributed by atoms with E-state index < -0.39 is 0 Å². The third-order valence-corrected chi connectivity index (χ3v) is 10.1. The third kappa shape index (κ3) is 13.4. The number of aryl methyl sites for hydroxylation is 2. The molecule has 0 heterocycles. The van der Waals surface area contributed by atoms with Gasteiger partial charge < -0.3 is 21.3 Å². The van der Waals surface area contributed by atoms with Crippen LogP contribution >= 0.6 is 11.8 Å². The highest BCUT2D eigenvalue weighted by molar-refractivity contribution is 7.99. The molecule has 2 aliphatic rings. The first-order chi connectivity index (χ1) is 23.0. The maximum atomic E-state index is 12.4. The SMILES string of the molecule is O=C(CCCSCC(=O)NCCCCCC(=O)Nc1cccc2c1CCCC2)NCCCCCC(=O)Nc1cccc2c1CCCC2. The van der Waals surface area contributed by atoms with E-state index in [0.29, 0.717) is 38.1 Å². The lowest BCUT2D eigenvalue weighted by molar-refractivity contribution is -0.121. The van der Waals surface area contributed by atoms with Crippen molar-refractivity contribution in [1.82, 2.24) is 10.6 Å². The summed E-state index contributed by atoms with van der Waals surface area (Å²) in [6.45, 7) is 1.25. The van der Waals surface area contributed by atoms with Gasteiger partial charge in [-0.2, -0.15) is 11.8 Å². The average molecular weight is 663 g/mol. The van der Waals surface area contributed by atoms with Gasteiger partial charge in [-0.25, -0.2) is 0 Å². The number of rotatable bonds is 20. The second kappa shape index (κ2) is 20.8. The molecule has 0 aromatic heterocycles. The molecule has 0 bridgehead atoms. The summed E-state index contributed by atoms with van der Waals surface area (Å²) in [6, 6.07) is 12.4. The van der Waals surface area contributed by atoms with Crippen molar-refractivity contribution >= 4 is 46.8 Å². The Morgan fingerprint density at radius 1 is 0.532 bits per heavy atom. The van der Waals surface area contributed by atoms with E-state index in [1.807, 2.05) is 24.3 Å². The Labute approximate surface area is 285 Å². The third-order valence-electron chi connectivity index (χ3n) is 9.07. The maximum Gasteiger partial charge on any atom is 0.229 e. The fourth-order valence-electron chi connectivity index (χ4n) is 6.49. The van der Waals surface area contributed by atoms with Crippen molar-refractivity contribution in [2.75, 3.05) is 35.2 Å². The molecule has 0 saturated carbocycles. The van der Waals surface area contributed by atoms with Gasteiger partial charge in [0, 0.05) is 43.7 Å². The minimum Gasteiger partial charge on any atom is -0.356 e. The minimum absolute atomic E-state index is 0.0165. The van der Waals surface area contributed by atoms with Crippen LogP contribution in [0.2, 0.25) is 0 Å². The predicted octanol–water partition coefficient (Wildman–Crippen LogP) is 6.89. The van der Waals surface area contributed by atoms with Crippen LogP contribution in [0.4, 0.5) is 11.4 Å². The molecule has 0 atom stereocenters. The number of benzene rings is 2. The molecule has 2 aliphatic carbocycles. The van der Waals surface area contributed by atoms with Gasteiger partial charge in [-0.3, -0.25) is 19.2 Å². The van der Waals surface area contributed by atoms with Gasteiger partial charge in [-0.15, -0.1) is 0 Å². The zero-order valence-electron chi connectivity index (χ0n) is 28.1. The van der Waals surface area contributed by atoms with E-state index in [4.69, 9.17) is 0 Å². The zero-order chi connectivity index (χ0) is 33.1. The lowest BCUT2D eigenvalue weighted by Crippen LogP contribution is -2.26. The van der Waals surface area contributed by atoms with E-state index in [-0.39, 0.29) is 23.6 Å². The van der Waals surface area contributed by atoms with Crippen molar-refractivity contribution < 1.29 is 19.2 Å². The number of anilines is 2. The van der Waals surface area contributed by atoms with Gasteiger partial charge in [0.2, 0.25) is 23.6 Å². The van der Waals surface area contributed by atoms with Crippen molar-refractivity contribution in [1.29, 1.82) is 0 Å². The molecule has 4 rings (SSSR count). The molecular formula is C38H54N4O4S. The largest absolute Gasteiger partial charge is 0.356 e. The number of amides is 4. The normalized spacial score (nSPS) is 13.6. The molecule has 0 unspecified atom stereocenters. The molecule has 4 N–H and O–H groups in total. The summed E-state index contributed by atoms with van der Waals surface area (Å²) < 4.78 is 0. The second-order valence-corrected chi connectivity index (χ2v) is 14.0. The topological polar surface area (TPSA) is 116 Å². The lowest BCUT2D eigenvalue weighted by atomic mass is 9.90. The Kier molecular flexibility index (Phi) is 16.2. The van der Waals surface area contributed by atoms with E-state index in [1.54, 1.807) is 11.8 Å². The van der Waals surface area contributed by atoms with E-state index >= 15 is 0 Å². The Balaban J connectivity index is 0.914. The predicted molar refractivity (Wildman–Crippen MR) is 193 cm³/mol. The highest BCUT2D eigenvalue weighted by Crippen LogP contribution is 2.29. The summed E-state index contributed by atoms with van der Waals surface area (Å²) >= 11 is 1.55. The molecule has 2 aromatic rings. The maximum absolute atomic E-state index is 12.4. The highest BCUT2D eigenvalue weighted by atomic mass is 32.2. The standard InChI is InChI=1S/C38H54N4O4S/c43-35(39-25-9-1-3-22-36(44)41-33-20-11-16-29-14-5-7-18-31(29)33)24-13-27-47-28-38(46)40-26-10-2-4-23-37(45)42-34-21-12-17-30-15-6-8-19-32(30)34/h11-12,16-17,20-21H,1-10,13-15,18-19,22-28H2,(H,39,43)(H,40,46)(H,41,44)(H,42,45). The molecule has 8 nitrogen and oxygen atoms in total. The van der Waals surface area contributed by atoms with Crippen molar-refractivity contribution in [3.8, 4) is 0 Å². The van der Waals surface area contributed by atoms with Gasteiger partial charge in [0.25, 0.3) is 0 Å². The summed E-state index contributed by atoms with van der Waals surface area (Å²) in [7, 11) is 0. The Morgan fingerprint density at radius 3 is 1.57 bits per heavy atom.